The van der Waals surface area contributed by atoms with E-state index >= 15 is 0 Å². The van der Waals surface area contributed by atoms with Crippen LogP contribution in [0.25, 0.3) is 11.3 Å². The van der Waals surface area contributed by atoms with Crippen LogP contribution in [-0.4, -0.2) is 33.0 Å². The van der Waals surface area contributed by atoms with E-state index in [4.69, 9.17) is 11.5 Å². The van der Waals surface area contributed by atoms with Gasteiger partial charge in [-0.2, -0.15) is 0 Å². The molecule has 7 heteroatoms. The summed E-state index contributed by atoms with van der Waals surface area (Å²) in [5.41, 5.74) is 1.80. The van der Waals surface area contributed by atoms with Gasteiger partial charge in [-0.15, -0.1) is 23.7 Å². The van der Waals surface area contributed by atoms with Gasteiger partial charge in [0, 0.05) is 23.6 Å². The summed E-state index contributed by atoms with van der Waals surface area (Å²) in [5.74, 6) is 0.544. The predicted molar refractivity (Wildman–Crippen MR) is 79.0 cm³/mol. The SMILES string of the molecule is C#CCC(NC(=O)c1cc(-c2csc(C)n2)c[nH]1)C(=O)O. The Morgan fingerprint density at radius 3 is 2.95 bits per heavy atom. The summed E-state index contributed by atoms with van der Waals surface area (Å²) in [7, 11) is 0. The molecule has 0 saturated carbocycles. The molecule has 2 rings (SSSR count). The summed E-state index contributed by atoms with van der Waals surface area (Å²) in [6.07, 6.45) is 6.67. The zero-order valence-electron chi connectivity index (χ0n) is 11.2. The van der Waals surface area contributed by atoms with Crippen molar-refractivity contribution in [3.05, 3.63) is 28.3 Å². The number of aromatic nitrogens is 2. The van der Waals surface area contributed by atoms with Gasteiger partial charge in [0.2, 0.25) is 0 Å². The Balaban J connectivity index is 2.12. The van der Waals surface area contributed by atoms with Crippen molar-refractivity contribution in [1.29, 1.82) is 0 Å². The van der Waals surface area contributed by atoms with E-state index in [-0.39, 0.29) is 12.1 Å². The zero-order chi connectivity index (χ0) is 15.4. The first-order chi connectivity index (χ1) is 10.0. The third-order valence-corrected chi connectivity index (χ3v) is 3.54. The number of nitrogens with one attached hydrogen (secondary N) is 2. The van der Waals surface area contributed by atoms with Crippen LogP contribution >= 0.6 is 11.3 Å². The number of carbonyl (C=O) groups is 2. The number of aromatic amines is 1. The highest BCUT2D eigenvalue weighted by Crippen LogP contribution is 2.22. The molecule has 0 saturated heterocycles. The van der Waals surface area contributed by atoms with E-state index in [0.29, 0.717) is 0 Å². The number of carboxylic acid groups (broad SMARTS) is 1. The van der Waals surface area contributed by atoms with Gasteiger partial charge in [0.1, 0.15) is 11.7 Å². The number of terminal acetylenes is 1. The first kappa shape index (κ1) is 14.8. The first-order valence-corrected chi connectivity index (χ1v) is 6.97. The molecule has 2 aromatic rings. The second-order valence-corrected chi connectivity index (χ2v) is 5.39. The molecule has 0 spiro atoms. The van der Waals surface area contributed by atoms with Gasteiger partial charge in [0.25, 0.3) is 5.91 Å². The molecule has 21 heavy (non-hydrogen) atoms. The van der Waals surface area contributed by atoms with Gasteiger partial charge in [-0.25, -0.2) is 9.78 Å². The van der Waals surface area contributed by atoms with Crippen LogP contribution in [0.4, 0.5) is 0 Å². The molecule has 1 unspecified atom stereocenters. The highest BCUT2D eigenvalue weighted by molar-refractivity contribution is 7.09. The molecule has 0 aromatic carbocycles. The molecule has 3 N–H and O–H groups in total. The van der Waals surface area contributed by atoms with E-state index in [2.05, 4.69) is 21.2 Å². The minimum Gasteiger partial charge on any atom is -0.480 e. The smallest absolute Gasteiger partial charge is 0.327 e. The molecular weight excluding hydrogens is 290 g/mol. The number of hydrogen-bond donors (Lipinski definition) is 3. The molecule has 0 bridgehead atoms. The molecule has 0 radical (unpaired) electrons. The van der Waals surface area contributed by atoms with Crippen molar-refractivity contribution in [2.45, 2.75) is 19.4 Å². The Morgan fingerprint density at radius 2 is 2.38 bits per heavy atom. The van der Waals surface area contributed by atoms with Crippen LogP contribution in [0.1, 0.15) is 21.9 Å². The number of hydrogen-bond acceptors (Lipinski definition) is 4. The largest absolute Gasteiger partial charge is 0.480 e. The van der Waals surface area contributed by atoms with Gasteiger partial charge in [0.15, 0.2) is 0 Å². The number of nitrogens with zero attached hydrogens (tertiary/aromatic N) is 1. The van der Waals surface area contributed by atoms with E-state index in [1.54, 1.807) is 12.3 Å². The molecule has 0 fully saturated rings. The average Bonchev–Trinajstić information content (AvgIpc) is 3.06. The van der Waals surface area contributed by atoms with E-state index in [1.165, 1.54) is 11.3 Å². The van der Waals surface area contributed by atoms with E-state index in [1.807, 2.05) is 12.3 Å². The predicted octanol–water partition coefficient (Wildman–Crippen LogP) is 1.65. The lowest BCUT2D eigenvalue weighted by molar-refractivity contribution is -0.139. The topological polar surface area (TPSA) is 95.1 Å². The summed E-state index contributed by atoms with van der Waals surface area (Å²) >= 11 is 1.51. The number of carbonyl (C=O) groups excluding carboxylic acids is 1. The van der Waals surface area contributed by atoms with Crippen molar-refractivity contribution in [2.75, 3.05) is 0 Å². The summed E-state index contributed by atoms with van der Waals surface area (Å²) in [4.78, 5) is 30.1. The molecule has 1 atom stereocenters. The number of H-pyrrole nitrogens is 1. The molecule has 2 aromatic heterocycles. The summed E-state index contributed by atoms with van der Waals surface area (Å²) in [6.45, 7) is 1.89. The number of aryl methyl sites for hydroxylation is 1. The Morgan fingerprint density at radius 1 is 1.62 bits per heavy atom. The third-order valence-electron chi connectivity index (χ3n) is 2.77. The highest BCUT2D eigenvalue weighted by Gasteiger charge is 2.20. The Labute approximate surface area is 125 Å². The van der Waals surface area contributed by atoms with Crippen molar-refractivity contribution >= 4 is 23.2 Å². The zero-order valence-corrected chi connectivity index (χ0v) is 12.0. The second kappa shape index (κ2) is 6.24. The maximum atomic E-state index is 12.0. The standard InChI is InChI=1S/C14H13N3O3S/c1-3-4-10(14(19)20)17-13(18)11-5-9(6-15-11)12-7-21-8(2)16-12/h1,5-7,10,15H,4H2,2H3,(H,17,18)(H,19,20). The lowest BCUT2D eigenvalue weighted by Gasteiger charge is -2.10. The maximum Gasteiger partial charge on any atom is 0.327 e. The lowest BCUT2D eigenvalue weighted by Crippen LogP contribution is -2.40. The highest BCUT2D eigenvalue weighted by atomic mass is 32.1. The minimum absolute atomic E-state index is 0.0695. The Bertz CT molecular complexity index is 711. The van der Waals surface area contributed by atoms with Crippen molar-refractivity contribution in [2.24, 2.45) is 0 Å². The summed E-state index contributed by atoms with van der Waals surface area (Å²) in [6, 6.07) is 0.522. The summed E-state index contributed by atoms with van der Waals surface area (Å²) < 4.78 is 0. The fourth-order valence-corrected chi connectivity index (χ4v) is 2.35. The summed E-state index contributed by atoms with van der Waals surface area (Å²) in [5, 5.41) is 14.1. The molecule has 0 aliphatic rings. The van der Waals surface area contributed by atoms with Crippen molar-refractivity contribution < 1.29 is 14.7 Å². The van der Waals surface area contributed by atoms with Gasteiger partial charge in [-0.05, 0) is 13.0 Å². The van der Waals surface area contributed by atoms with Crippen LogP contribution < -0.4 is 5.32 Å². The monoisotopic (exact) mass is 303 g/mol. The quantitative estimate of drug-likeness (QED) is 0.732. The number of rotatable bonds is 5. The molecule has 2 heterocycles. The van der Waals surface area contributed by atoms with Crippen LogP contribution in [0.3, 0.4) is 0 Å². The molecule has 1 amide bonds. The van der Waals surface area contributed by atoms with Gasteiger partial charge < -0.3 is 15.4 Å². The first-order valence-electron chi connectivity index (χ1n) is 6.09. The maximum absolute atomic E-state index is 12.0. The van der Waals surface area contributed by atoms with Gasteiger partial charge in [-0.3, -0.25) is 4.79 Å². The number of amides is 1. The van der Waals surface area contributed by atoms with Crippen LogP contribution in [0.2, 0.25) is 0 Å². The Kier molecular flexibility index (Phi) is 4.40. The molecule has 0 aliphatic heterocycles. The van der Waals surface area contributed by atoms with Gasteiger partial charge >= 0.3 is 5.97 Å². The fourth-order valence-electron chi connectivity index (χ4n) is 1.72. The van der Waals surface area contributed by atoms with Crippen molar-refractivity contribution in [3.63, 3.8) is 0 Å². The van der Waals surface area contributed by atoms with E-state index in [9.17, 15) is 9.59 Å². The fraction of sp³-hybridized carbons (Fsp3) is 0.214. The van der Waals surface area contributed by atoms with Crippen LogP contribution in [0, 0.1) is 19.3 Å². The van der Waals surface area contributed by atoms with Crippen molar-refractivity contribution in [3.8, 4) is 23.6 Å². The lowest BCUT2D eigenvalue weighted by atomic mass is 10.2. The van der Waals surface area contributed by atoms with E-state index in [0.717, 1.165) is 16.3 Å². The minimum atomic E-state index is -1.16. The number of carboxylic acids is 1. The molecule has 0 aliphatic carbocycles. The average molecular weight is 303 g/mol. The van der Waals surface area contributed by atoms with Crippen LogP contribution in [0.5, 0.6) is 0 Å². The van der Waals surface area contributed by atoms with Gasteiger partial charge in [0.05, 0.1) is 10.7 Å². The molecular formula is C14H13N3O3S. The van der Waals surface area contributed by atoms with E-state index < -0.39 is 17.9 Å². The number of thiazole rings is 1. The molecule has 6 nitrogen and oxygen atoms in total. The van der Waals surface area contributed by atoms with Gasteiger partial charge in [-0.1, -0.05) is 0 Å². The second-order valence-electron chi connectivity index (χ2n) is 4.33. The normalized spacial score (nSPS) is 11.6. The Hall–Kier alpha value is -2.59. The van der Waals surface area contributed by atoms with Crippen molar-refractivity contribution in [1.82, 2.24) is 15.3 Å². The number of aliphatic carboxylic acids is 1. The van der Waals surface area contributed by atoms with Crippen LogP contribution in [-0.2, 0) is 4.79 Å². The molecule has 108 valence electrons. The van der Waals surface area contributed by atoms with Crippen LogP contribution in [0.15, 0.2) is 17.6 Å². The third kappa shape index (κ3) is 3.49.